The number of hydrogen-bond acceptors (Lipinski definition) is 3. The summed E-state index contributed by atoms with van der Waals surface area (Å²) in [5.41, 5.74) is 3.72. The molecule has 0 aliphatic rings. The zero-order chi connectivity index (χ0) is 23.4. The minimum Gasteiger partial charge on any atom is -0.348 e. The van der Waals surface area contributed by atoms with Crippen molar-refractivity contribution in [3.63, 3.8) is 0 Å². The Morgan fingerprint density at radius 2 is 1.48 bits per heavy atom. The van der Waals surface area contributed by atoms with Crippen LogP contribution in [-0.2, 0) is 19.6 Å². The van der Waals surface area contributed by atoms with Gasteiger partial charge in [0.1, 0.15) is 0 Å². The second kappa shape index (κ2) is 9.53. The molecule has 0 unspecified atom stereocenters. The van der Waals surface area contributed by atoms with Gasteiger partial charge in [-0.1, -0.05) is 54.6 Å². The maximum Gasteiger partial charge on any atom is 0.317 e. The van der Waals surface area contributed by atoms with Gasteiger partial charge in [-0.2, -0.15) is 0 Å². The van der Waals surface area contributed by atoms with Crippen LogP contribution in [0.4, 0.5) is 0 Å². The monoisotopic (exact) mass is 439 g/mol. The highest BCUT2D eigenvalue weighted by atomic mass is 16.2. The summed E-state index contributed by atoms with van der Waals surface area (Å²) < 4.78 is 2.91. The molecule has 4 rings (SSSR count). The maximum atomic E-state index is 12.8. The number of fused-ring (bicyclic) bond motifs is 1. The first-order valence-corrected chi connectivity index (χ1v) is 10.7. The first kappa shape index (κ1) is 22.0. The molecule has 3 aromatic carbocycles. The van der Waals surface area contributed by atoms with E-state index in [1.807, 2.05) is 55.5 Å². The third kappa shape index (κ3) is 4.55. The average molecular weight is 440 g/mol. The number of carbonyl (C=O) groups excluding carboxylic acids is 1. The van der Waals surface area contributed by atoms with E-state index < -0.39 is 11.1 Å². The van der Waals surface area contributed by atoms with Crippen LogP contribution < -0.4 is 16.4 Å². The van der Waals surface area contributed by atoms with E-state index in [1.165, 1.54) is 9.13 Å². The van der Waals surface area contributed by atoms with Crippen molar-refractivity contribution >= 4 is 16.9 Å². The van der Waals surface area contributed by atoms with Gasteiger partial charge in [-0.05, 0) is 47.9 Å². The molecule has 1 heterocycles. The normalized spacial score (nSPS) is 10.8. The second-order valence-electron chi connectivity index (χ2n) is 7.89. The first-order chi connectivity index (χ1) is 16.0. The van der Waals surface area contributed by atoms with Crippen LogP contribution in [0.15, 0.2) is 95.0 Å². The topological polar surface area (TPSA) is 73.1 Å². The fraction of sp³-hybridized carbons (Fsp3) is 0.148. The summed E-state index contributed by atoms with van der Waals surface area (Å²) in [6.07, 6.45) is 1.60. The van der Waals surface area contributed by atoms with Gasteiger partial charge < -0.3 is 5.32 Å². The van der Waals surface area contributed by atoms with Gasteiger partial charge in [0.25, 0.3) is 5.91 Å². The SMILES string of the molecule is C=CCn1c(=O)c(=O)n(Cc2ccc(C(=O)NCc3ccccc3C)cc2)c2ccccc21. The standard InChI is InChI=1S/C27H25N3O3/c1-3-16-29-23-10-6-7-11-24(23)30(27(33)26(29)32)18-20-12-14-21(15-13-20)25(31)28-17-22-9-5-4-8-19(22)2/h3-15H,1,16-18H2,2H3,(H,28,31). The van der Waals surface area contributed by atoms with Gasteiger partial charge in [-0.25, -0.2) is 0 Å². The molecular weight excluding hydrogens is 414 g/mol. The second-order valence-corrected chi connectivity index (χ2v) is 7.89. The van der Waals surface area contributed by atoms with Crippen molar-refractivity contribution in [3.05, 3.63) is 128 Å². The number of rotatable bonds is 7. The number of hydrogen-bond donors (Lipinski definition) is 1. The molecule has 0 saturated carbocycles. The molecule has 1 aromatic heterocycles. The number of amides is 1. The number of nitrogens with zero attached hydrogens (tertiary/aromatic N) is 2. The van der Waals surface area contributed by atoms with E-state index in [1.54, 1.807) is 30.3 Å². The molecule has 33 heavy (non-hydrogen) atoms. The average Bonchev–Trinajstić information content (AvgIpc) is 2.84. The lowest BCUT2D eigenvalue weighted by atomic mass is 10.1. The van der Waals surface area contributed by atoms with E-state index in [4.69, 9.17) is 0 Å². The van der Waals surface area contributed by atoms with Crippen molar-refractivity contribution in [1.82, 2.24) is 14.5 Å². The van der Waals surface area contributed by atoms with Gasteiger partial charge in [-0.3, -0.25) is 23.5 Å². The molecule has 4 aromatic rings. The summed E-state index contributed by atoms with van der Waals surface area (Å²) in [6, 6.07) is 22.3. The molecule has 1 amide bonds. The van der Waals surface area contributed by atoms with Gasteiger partial charge in [-0.15, -0.1) is 6.58 Å². The summed E-state index contributed by atoms with van der Waals surface area (Å²) >= 11 is 0. The number of nitrogens with one attached hydrogen (secondary N) is 1. The van der Waals surface area contributed by atoms with Gasteiger partial charge in [0.2, 0.25) is 0 Å². The van der Waals surface area contributed by atoms with Crippen molar-refractivity contribution < 1.29 is 4.79 Å². The van der Waals surface area contributed by atoms with Crippen LogP contribution in [0, 0.1) is 6.92 Å². The number of allylic oxidation sites excluding steroid dienone is 1. The molecule has 0 aliphatic heterocycles. The lowest BCUT2D eigenvalue weighted by molar-refractivity contribution is 0.0951. The smallest absolute Gasteiger partial charge is 0.317 e. The van der Waals surface area contributed by atoms with Crippen LogP contribution >= 0.6 is 0 Å². The molecule has 0 spiro atoms. The first-order valence-electron chi connectivity index (χ1n) is 10.7. The molecule has 0 atom stereocenters. The van der Waals surface area contributed by atoms with Crippen LogP contribution in [0.3, 0.4) is 0 Å². The highest BCUT2D eigenvalue weighted by Gasteiger charge is 2.13. The Labute approximate surface area is 191 Å². The van der Waals surface area contributed by atoms with E-state index in [9.17, 15) is 14.4 Å². The Bertz CT molecular complexity index is 1450. The number of aromatic nitrogens is 2. The number of benzene rings is 3. The van der Waals surface area contributed by atoms with E-state index >= 15 is 0 Å². The fourth-order valence-corrected chi connectivity index (χ4v) is 3.87. The van der Waals surface area contributed by atoms with Crippen LogP contribution in [-0.4, -0.2) is 15.0 Å². The number of carbonyl (C=O) groups is 1. The predicted molar refractivity (Wildman–Crippen MR) is 131 cm³/mol. The molecule has 0 aliphatic carbocycles. The summed E-state index contributed by atoms with van der Waals surface area (Å²) in [7, 11) is 0. The minimum atomic E-state index is -0.587. The summed E-state index contributed by atoms with van der Waals surface area (Å²) in [5, 5.41) is 2.94. The van der Waals surface area contributed by atoms with E-state index in [0.717, 1.165) is 16.7 Å². The number of para-hydroxylation sites is 2. The van der Waals surface area contributed by atoms with Crippen molar-refractivity contribution in [1.29, 1.82) is 0 Å². The van der Waals surface area contributed by atoms with Crippen molar-refractivity contribution in [2.45, 2.75) is 26.6 Å². The summed E-state index contributed by atoms with van der Waals surface area (Å²) in [5.74, 6) is -0.167. The maximum absolute atomic E-state index is 12.8. The lowest BCUT2D eigenvalue weighted by Crippen LogP contribution is -2.41. The summed E-state index contributed by atoms with van der Waals surface area (Å²) in [4.78, 5) is 38.1. The molecule has 0 fully saturated rings. The highest BCUT2D eigenvalue weighted by Crippen LogP contribution is 2.14. The van der Waals surface area contributed by atoms with Gasteiger partial charge >= 0.3 is 11.1 Å². The largest absolute Gasteiger partial charge is 0.348 e. The van der Waals surface area contributed by atoms with Gasteiger partial charge in [0.05, 0.1) is 17.6 Å². The lowest BCUT2D eigenvalue weighted by Gasteiger charge is -2.14. The Hall–Kier alpha value is -4.19. The molecule has 0 saturated heterocycles. The molecule has 6 heteroatoms. The van der Waals surface area contributed by atoms with Crippen molar-refractivity contribution in [3.8, 4) is 0 Å². The summed E-state index contributed by atoms with van der Waals surface area (Å²) in [6.45, 7) is 6.64. The fourth-order valence-electron chi connectivity index (χ4n) is 3.87. The van der Waals surface area contributed by atoms with Crippen molar-refractivity contribution in [2.75, 3.05) is 0 Å². The predicted octanol–water partition coefficient (Wildman–Crippen LogP) is 3.64. The van der Waals surface area contributed by atoms with Crippen molar-refractivity contribution in [2.24, 2.45) is 0 Å². The molecular formula is C27H25N3O3. The molecule has 0 bridgehead atoms. The third-order valence-electron chi connectivity index (χ3n) is 5.71. The van der Waals surface area contributed by atoms with E-state index in [-0.39, 0.29) is 19.0 Å². The van der Waals surface area contributed by atoms with Crippen LogP contribution in [0.5, 0.6) is 0 Å². The minimum absolute atomic E-state index is 0.167. The quantitative estimate of drug-likeness (QED) is 0.353. The Kier molecular flexibility index (Phi) is 6.36. The van der Waals surface area contributed by atoms with Crippen LogP contribution in [0.2, 0.25) is 0 Å². The van der Waals surface area contributed by atoms with Crippen LogP contribution in [0.25, 0.3) is 11.0 Å². The van der Waals surface area contributed by atoms with E-state index in [2.05, 4.69) is 11.9 Å². The third-order valence-corrected chi connectivity index (χ3v) is 5.71. The Morgan fingerprint density at radius 1 is 0.879 bits per heavy atom. The highest BCUT2D eigenvalue weighted by molar-refractivity contribution is 5.94. The zero-order valence-corrected chi connectivity index (χ0v) is 18.5. The Balaban J connectivity index is 1.57. The number of aryl methyl sites for hydroxylation is 1. The molecule has 6 nitrogen and oxygen atoms in total. The van der Waals surface area contributed by atoms with Crippen LogP contribution in [0.1, 0.15) is 27.0 Å². The van der Waals surface area contributed by atoms with Gasteiger partial charge in [0, 0.05) is 18.7 Å². The van der Waals surface area contributed by atoms with Gasteiger partial charge in [0.15, 0.2) is 0 Å². The molecule has 1 N–H and O–H groups in total. The molecule has 0 radical (unpaired) electrons. The Morgan fingerprint density at radius 3 is 2.15 bits per heavy atom. The molecule has 166 valence electrons. The van der Waals surface area contributed by atoms with E-state index in [0.29, 0.717) is 23.1 Å². The zero-order valence-electron chi connectivity index (χ0n) is 18.5.